The monoisotopic (exact) mass is 1160 g/mol. The Morgan fingerprint density at radius 2 is 0.854 bits per heavy atom. The van der Waals surface area contributed by atoms with E-state index < -0.39 is 126 Å². The fraction of sp³-hybridized carbons (Fsp3) is 0.783. The lowest BCUT2D eigenvalue weighted by Gasteiger charge is -2.39. The summed E-state index contributed by atoms with van der Waals surface area (Å²) in [6, 6.07) is -9.10. The van der Waals surface area contributed by atoms with Crippen LogP contribution in [0.5, 0.6) is 0 Å². The van der Waals surface area contributed by atoms with E-state index in [-0.39, 0.29) is 68.1 Å². The van der Waals surface area contributed by atoms with E-state index in [1.807, 2.05) is 81.4 Å². The summed E-state index contributed by atoms with van der Waals surface area (Å²) < 4.78 is 0. The van der Waals surface area contributed by atoms with Crippen LogP contribution in [0.1, 0.15) is 155 Å². The number of hydrogen-bond donors (Lipinski definition) is 4. The number of likely N-dealkylation sites (N-methyl/N-ethyl adjacent to an activating group) is 8. The van der Waals surface area contributed by atoms with Crippen molar-refractivity contribution in [3.63, 3.8) is 0 Å². The number of hydrogen-bond acceptors (Lipinski definition) is 11. The van der Waals surface area contributed by atoms with Crippen LogP contribution in [0.15, 0.2) is 12.2 Å². The molecule has 0 spiro atoms. The number of rotatable bonds is 36. The predicted octanol–water partition coefficient (Wildman–Crippen LogP) is 3.91. The molecule has 0 bridgehead atoms. The van der Waals surface area contributed by atoms with Gasteiger partial charge in [-0.1, -0.05) is 102 Å². The lowest BCUT2D eigenvalue weighted by atomic mass is 9.95. The molecule has 22 heteroatoms. The first-order chi connectivity index (χ1) is 38.0. The largest absolute Gasteiger partial charge is 0.357 e. The first kappa shape index (κ1) is 75.9. The molecule has 82 heavy (non-hydrogen) atoms. The van der Waals surface area contributed by atoms with Gasteiger partial charge in [0.1, 0.15) is 54.4 Å². The van der Waals surface area contributed by atoms with Gasteiger partial charge >= 0.3 is 0 Å². The molecule has 0 radical (unpaired) electrons. The second-order valence-corrected chi connectivity index (χ2v) is 24.5. The van der Waals surface area contributed by atoms with Gasteiger partial charge in [0.05, 0.1) is 6.54 Å². The van der Waals surface area contributed by atoms with Gasteiger partial charge in [-0.25, -0.2) is 0 Å². The van der Waals surface area contributed by atoms with Crippen LogP contribution >= 0.6 is 0 Å². The Hall–Kier alpha value is -6.09. The highest BCUT2D eigenvalue weighted by atomic mass is 16.2. The summed E-state index contributed by atoms with van der Waals surface area (Å²) in [6.07, 6.45) is 6.62. The van der Waals surface area contributed by atoms with E-state index in [4.69, 9.17) is 0 Å². The van der Waals surface area contributed by atoms with E-state index in [1.54, 1.807) is 27.7 Å². The molecule has 2 unspecified atom stereocenters. The van der Waals surface area contributed by atoms with Crippen LogP contribution in [0.25, 0.3) is 0 Å². The van der Waals surface area contributed by atoms with Gasteiger partial charge in [-0.15, -0.1) is 0 Å². The average Bonchev–Trinajstić information content (AvgIpc) is 3.58. The van der Waals surface area contributed by atoms with Gasteiger partial charge in [0, 0.05) is 56.4 Å². The van der Waals surface area contributed by atoms with Gasteiger partial charge in [0.15, 0.2) is 0 Å². The minimum atomic E-state index is -1.14. The van der Waals surface area contributed by atoms with Crippen LogP contribution in [0.3, 0.4) is 0 Å². The summed E-state index contributed by atoms with van der Waals surface area (Å²) in [6.45, 7) is 27.1. The van der Waals surface area contributed by atoms with E-state index in [2.05, 4.69) is 21.3 Å². The molecule has 0 aromatic carbocycles. The SMILES string of the molecule is C/C=C/C[C@@H](C)CC(C(=O)N[C@@H](CC)C(=O)N(C)CC(=O)N(C)[C@@H](CC(C)C)C(=O)N[C@H](C(=O)N(C)[C@@H](CC(C)C)C(=O)NC(C)C(=O)NC)C(C)C)N(C)C(=O)[C@H](CC)N(C)C(=O)[C@H](CC(C)C)N(C)C(=O)[C@H](CC(C)C)N(C)C=O. The molecule has 10 atom stereocenters. The van der Waals surface area contributed by atoms with Gasteiger partial charge in [0.25, 0.3) is 0 Å². The molecule has 11 amide bonds. The van der Waals surface area contributed by atoms with E-state index in [9.17, 15) is 52.7 Å². The molecule has 22 nitrogen and oxygen atoms in total. The predicted molar refractivity (Wildman–Crippen MR) is 320 cm³/mol. The van der Waals surface area contributed by atoms with Crippen molar-refractivity contribution in [2.75, 3.05) is 62.9 Å². The van der Waals surface area contributed by atoms with Gasteiger partial charge in [-0.3, -0.25) is 52.7 Å². The number of carbonyl (C=O) groups excluding carboxylic acids is 11. The van der Waals surface area contributed by atoms with Crippen molar-refractivity contribution in [2.45, 2.75) is 210 Å². The molecule has 470 valence electrons. The van der Waals surface area contributed by atoms with Crippen molar-refractivity contribution in [1.82, 2.24) is 55.6 Å². The zero-order chi connectivity index (χ0) is 63.8. The van der Waals surface area contributed by atoms with Crippen molar-refractivity contribution >= 4 is 65.5 Å². The Morgan fingerprint density at radius 3 is 1.30 bits per heavy atom. The van der Waals surface area contributed by atoms with Crippen molar-refractivity contribution in [3.8, 4) is 0 Å². The number of amides is 11. The highest BCUT2D eigenvalue weighted by Crippen LogP contribution is 2.24. The van der Waals surface area contributed by atoms with Crippen LogP contribution in [-0.2, 0) is 52.7 Å². The van der Waals surface area contributed by atoms with Crippen LogP contribution < -0.4 is 21.3 Å². The fourth-order valence-corrected chi connectivity index (χ4v) is 9.84. The molecular formula is C60H109N11O11. The summed E-state index contributed by atoms with van der Waals surface area (Å²) in [7, 11) is 11.9. The summed E-state index contributed by atoms with van der Waals surface area (Å²) in [5.41, 5.74) is 0. The maximum absolute atomic E-state index is 14.7. The second-order valence-electron chi connectivity index (χ2n) is 24.5. The third-order valence-corrected chi connectivity index (χ3v) is 15.1. The maximum Gasteiger partial charge on any atom is 0.245 e. The quantitative estimate of drug-likeness (QED) is 0.0517. The number of nitrogens with one attached hydrogen (secondary N) is 4. The Labute approximate surface area is 492 Å². The maximum atomic E-state index is 14.7. The van der Waals surface area contributed by atoms with Crippen molar-refractivity contribution in [1.29, 1.82) is 0 Å². The highest BCUT2D eigenvalue weighted by molar-refractivity contribution is 5.98. The first-order valence-electron chi connectivity index (χ1n) is 29.5. The second kappa shape index (κ2) is 36.5. The summed E-state index contributed by atoms with van der Waals surface area (Å²) in [4.78, 5) is 162. The third kappa shape index (κ3) is 23.3. The van der Waals surface area contributed by atoms with E-state index >= 15 is 0 Å². The molecule has 0 aliphatic carbocycles. The number of allylic oxidation sites excluding steroid dienone is 2. The Morgan fingerprint density at radius 1 is 0.451 bits per heavy atom. The molecule has 0 aromatic heterocycles. The minimum Gasteiger partial charge on any atom is -0.357 e. The zero-order valence-electron chi connectivity index (χ0n) is 54.4. The molecule has 0 saturated heterocycles. The molecule has 0 fully saturated rings. The van der Waals surface area contributed by atoms with E-state index in [0.29, 0.717) is 19.3 Å². The normalized spacial score (nSPS) is 15.3. The van der Waals surface area contributed by atoms with Gasteiger partial charge in [0.2, 0.25) is 65.5 Å². The lowest BCUT2D eigenvalue weighted by molar-refractivity contribution is -0.154. The highest BCUT2D eigenvalue weighted by Gasteiger charge is 2.42. The van der Waals surface area contributed by atoms with E-state index in [0.717, 1.165) is 0 Å². The molecule has 0 aliphatic rings. The van der Waals surface area contributed by atoms with Crippen molar-refractivity contribution < 1.29 is 52.7 Å². The summed E-state index contributed by atoms with van der Waals surface area (Å²) in [5.74, 6) is -5.95. The number of carbonyl (C=O) groups is 11. The van der Waals surface area contributed by atoms with Crippen molar-refractivity contribution in [3.05, 3.63) is 12.2 Å². The summed E-state index contributed by atoms with van der Waals surface area (Å²) >= 11 is 0. The Kier molecular flexibility index (Phi) is 33.8. The van der Waals surface area contributed by atoms with Crippen LogP contribution in [0, 0.1) is 35.5 Å². The lowest BCUT2D eigenvalue weighted by Crippen LogP contribution is -2.60. The number of nitrogens with zero attached hydrogens (tertiary/aromatic N) is 7. The van der Waals surface area contributed by atoms with Crippen LogP contribution in [-0.4, -0.2) is 217 Å². The zero-order valence-corrected chi connectivity index (χ0v) is 54.4. The summed E-state index contributed by atoms with van der Waals surface area (Å²) in [5, 5.41) is 10.9. The average molecular weight is 1160 g/mol. The standard InChI is InChI=1S/C60H109N11O11/c1-24-27-28-41(14)33-47(69(21)57(79)44(26-3)68(20)59(81)49(32-39(10)11)71(23)58(80)48(31-38(8)9)66(18)35-72)54(76)63-43(25-2)56(78)65(17)34-50(73)67(19)45(29-36(4)5)55(77)64-51(40(12)13)60(82)70(22)46(30-37(6)7)53(75)62-42(15)52(74)61-16/h24,27,35-49,51H,25-26,28-34H2,1-23H3,(H,61,74)(H,62,75)(H,63,76)(H,64,77)/b27-24+/t41-,42?,43+,44+,45+,46+,47?,48+,49+,51+/m1/s1. The Balaban J connectivity index is 6.84. The molecule has 0 saturated carbocycles. The molecule has 0 aliphatic heterocycles. The topological polar surface area (TPSA) is 259 Å². The van der Waals surface area contributed by atoms with E-state index in [1.165, 1.54) is 97.6 Å². The van der Waals surface area contributed by atoms with Crippen molar-refractivity contribution in [2.24, 2.45) is 35.5 Å². The minimum absolute atomic E-state index is 0.0178. The molecule has 0 heterocycles. The Bertz CT molecular complexity index is 2150. The fourth-order valence-electron chi connectivity index (χ4n) is 9.84. The van der Waals surface area contributed by atoms with Gasteiger partial charge in [-0.05, 0) is 101 Å². The van der Waals surface area contributed by atoms with Gasteiger partial charge in [-0.2, -0.15) is 0 Å². The van der Waals surface area contributed by atoms with Crippen LogP contribution in [0.4, 0.5) is 0 Å². The smallest absolute Gasteiger partial charge is 0.245 e. The van der Waals surface area contributed by atoms with Gasteiger partial charge < -0.3 is 55.6 Å². The molecular weight excluding hydrogens is 1050 g/mol. The molecule has 0 aromatic rings. The third-order valence-electron chi connectivity index (χ3n) is 15.1. The first-order valence-corrected chi connectivity index (χ1v) is 29.5. The molecule has 0 rings (SSSR count). The van der Waals surface area contributed by atoms with Crippen LogP contribution in [0.2, 0.25) is 0 Å². The molecule has 4 N–H and O–H groups in total.